The number of hydrogen-bond donors (Lipinski definition) is 1. The van der Waals surface area contributed by atoms with Crippen LogP contribution in [0.5, 0.6) is 0 Å². The van der Waals surface area contributed by atoms with Crippen LogP contribution in [0.25, 0.3) is 10.9 Å². The Morgan fingerprint density at radius 1 is 1.29 bits per heavy atom. The first kappa shape index (κ1) is 12.9. The van der Waals surface area contributed by atoms with Gasteiger partial charge in [-0.2, -0.15) is 0 Å². The van der Waals surface area contributed by atoms with Crippen molar-refractivity contribution < 1.29 is 19.4 Å². The normalized spacial score (nSPS) is 20.0. The number of aliphatic carboxylic acids is 1. The smallest absolute Gasteiger partial charge is 0.323 e. The van der Waals surface area contributed by atoms with Gasteiger partial charge in [0.25, 0.3) is 0 Å². The van der Waals surface area contributed by atoms with Gasteiger partial charge in [0.2, 0.25) is 0 Å². The molecule has 0 saturated carbocycles. The summed E-state index contributed by atoms with van der Waals surface area (Å²) in [6, 6.07) is 7.98. The highest BCUT2D eigenvalue weighted by Crippen LogP contribution is 2.39. The summed E-state index contributed by atoms with van der Waals surface area (Å²) >= 11 is 0. The number of rotatable bonds is 2. The van der Waals surface area contributed by atoms with E-state index in [-0.39, 0.29) is 6.54 Å². The molecule has 2 aliphatic rings. The van der Waals surface area contributed by atoms with Crippen LogP contribution >= 0.6 is 0 Å². The van der Waals surface area contributed by atoms with Gasteiger partial charge in [-0.05, 0) is 18.1 Å². The van der Waals surface area contributed by atoms with Gasteiger partial charge in [0.05, 0.1) is 13.2 Å². The number of aromatic nitrogens is 1. The van der Waals surface area contributed by atoms with Crippen LogP contribution in [0.2, 0.25) is 0 Å². The highest BCUT2D eigenvalue weighted by atomic mass is 16.7. The lowest BCUT2D eigenvalue weighted by molar-refractivity contribution is -0.163. The topological polar surface area (TPSA) is 60.7 Å². The predicted molar refractivity (Wildman–Crippen MR) is 76.2 cm³/mol. The molecule has 1 aromatic carbocycles. The largest absolute Gasteiger partial charge is 0.480 e. The van der Waals surface area contributed by atoms with Crippen LogP contribution in [0.3, 0.4) is 0 Å². The Kier molecular flexibility index (Phi) is 2.80. The molecule has 2 aromatic rings. The van der Waals surface area contributed by atoms with Crippen molar-refractivity contribution in [1.82, 2.24) is 4.57 Å². The second kappa shape index (κ2) is 4.58. The van der Waals surface area contributed by atoms with Crippen LogP contribution in [0.4, 0.5) is 0 Å². The highest BCUT2D eigenvalue weighted by Gasteiger charge is 2.41. The van der Waals surface area contributed by atoms with E-state index in [1.165, 1.54) is 5.56 Å². The Labute approximate surface area is 122 Å². The first-order chi connectivity index (χ1) is 10.2. The van der Waals surface area contributed by atoms with Crippen LogP contribution in [0.1, 0.15) is 17.7 Å². The molecular weight excluding hydrogens is 270 g/mol. The average Bonchev–Trinajstić information content (AvgIpc) is 3.04. The molecule has 5 nitrogen and oxygen atoms in total. The fourth-order valence-electron chi connectivity index (χ4n) is 3.64. The molecule has 1 fully saturated rings. The van der Waals surface area contributed by atoms with Gasteiger partial charge in [0, 0.05) is 29.4 Å². The van der Waals surface area contributed by atoms with Crippen molar-refractivity contribution in [2.75, 3.05) is 13.2 Å². The van der Waals surface area contributed by atoms with Gasteiger partial charge in [-0.15, -0.1) is 0 Å². The van der Waals surface area contributed by atoms with Gasteiger partial charge in [0.15, 0.2) is 5.79 Å². The van der Waals surface area contributed by atoms with Crippen LogP contribution < -0.4 is 0 Å². The molecule has 110 valence electrons. The molecule has 0 bridgehead atoms. The predicted octanol–water partition coefficient (Wildman–Crippen LogP) is 1.96. The first-order valence-electron chi connectivity index (χ1n) is 7.27. The fraction of sp³-hybridized carbons (Fsp3) is 0.438. The summed E-state index contributed by atoms with van der Waals surface area (Å²) < 4.78 is 13.6. The molecule has 1 spiro atoms. The summed E-state index contributed by atoms with van der Waals surface area (Å²) in [5, 5.41) is 10.3. The Morgan fingerprint density at radius 3 is 2.81 bits per heavy atom. The fourth-order valence-corrected chi connectivity index (χ4v) is 3.64. The van der Waals surface area contributed by atoms with E-state index in [9.17, 15) is 9.90 Å². The van der Waals surface area contributed by atoms with Crippen molar-refractivity contribution in [3.05, 3.63) is 35.5 Å². The van der Waals surface area contributed by atoms with Gasteiger partial charge >= 0.3 is 5.97 Å². The monoisotopic (exact) mass is 287 g/mol. The van der Waals surface area contributed by atoms with Crippen molar-refractivity contribution in [2.24, 2.45) is 0 Å². The van der Waals surface area contributed by atoms with Crippen molar-refractivity contribution in [1.29, 1.82) is 0 Å². The van der Waals surface area contributed by atoms with Gasteiger partial charge in [-0.1, -0.05) is 18.2 Å². The van der Waals surface area contributed by atoms with Gasteiger partial charge in [-0.3, -0.25) is 4.79 Å². The highest BCUT2D eigenvalue weighted by molar-refractivity contribution is 5.87. The van der Waals surface area contributed by atoms with E-state index in [1.807, 2.05) is 22.8 Å². The maximum atomic E-state index is 11.2. The van der Waals surface area contributed by atoms with E-state index in [2.05, 4.69) is 6.07 Å². The van der Waals surface area contributed by atoms with Crippen LogP contribution in [0, 0.1) is 0 Å². The Balaban J connectivity index is 1.87. The molecule has 2 heterocycles. The molecule has 0 amide bonds. The number of hydrogen-bond acceptors (Lipinski definition) is 3. The number of nitrogens with zero attached hydrogens (tertiary/aromatic N) is 1. The number of benzene rings is 1. The van der Waals surface area contributed by atoms with Gasteiger partial charge < -0.3 is 19.1 Å². The Morgan fingerprint density at radius 2 is 2.05 bits per heavy atom. The molecule has 1 N–H and O–H groups in total. The second-order valence-corrected chi connectivity index (χ2v) is 5.71. The summed E-state index contributed by atoms with van der Waals surface area (Å²) in [7, 11) is 0. The molecular formula is C16H17NO4. The molecule has 1 aliphatic carbocycles. The number of carbonyl (C=O) groups is 1. The SMILES string of the molecule is O=C(O)Cn1c2c(c3ccccc31)CC1(CC2)OCCO1. The zero-order valence-corrected chi connectivity index (χ0v) is 11.7. The third kappa shape index (κ3) is 1.96. The molecule has 5 heteroatoms. The lowest BCUT2D eigenvalue weighted by Crippen LogP contribution is -2.37. The van der Waals surface area contributed by atoms with Crippen molar-refractivity contribution >= 4 is 16.9 Å². The zero-order chi connectivity index (χ0) is 14.4. The summed E-state index contributed by atoms with van der Waals surface area (Å²) in [4.78, 5) is 11.2. The maximum absolute atomic E-state index is 11.2. The quantitative estimate of drug-likeness (QED) is 0.917. The minimum absolute atomic E-state index is 0.00452. The van der Waals surface area contributed by atoms with E-state index in [4.69, 9.17) is 9.47 Å². The lowest BCUT2D eigenvalue weighted by atomic mass is 9.90. The Bertz CT molecular complexity index is 712. The number of ether oxygens (including phenoxy) is 2. The molecule has 0 radical (unpaired) electrons. The number of carboxylic acid groups (broad SMARTS) is 1. The minimum Gasteiger partial charge on any atom is -0.480 e. The maximum Gasteiger partial charge on any atom is 0.323 e. The molecule has 1 aliphatic heterocycles. The van der Waals surface area contributed by atoms with Crippen LogP contribution in [0.15, 0.2) is 24.3 Å². The van der Waals surface area contributed by atoms with E-state index in [0.717, 1.165) is 29.4 Å². The van der Waals surface area contributed by atoms with Crippen LogP contribution in [-0.4, -0.2) is 34.6 Å². The second-order valence-electron chi connectivity index (χ2n) is 5.71. The third-order valence-corrected chi connectivity index (χ3v) is 4.49. The molecule has 1 aromatic heterocycles. The first-order valence-corrected chi connectivity index (χ1v) is 7.27. The number of para-hydroxylation sites is 1. The molecule has 1 saturated heterocycles. The average molecular weight is 287 g/mol. The zero-order valence-electron chi connectivity index (χ0n) is 11.7. The van der Waals surface area contributed by atoms with Crippen molar-refractivity contribution in [2.45, 2.75) is 31.6 Å². The van der Waals surface area contributed by atoms with E-state index in [0.29, 0.717) is 19.6 Å². The summed E-state index contributed by atoms with van der Waals surface area (Å²) in [6.45, 7) is 1.29. The van der Waals surface area contributed by atoms with Gasteiger partial charge in [0.1, 0.15) is 6.54 Å². The van der Waals surface area contributed by atoms with E-state index >= 15 is 0 Å². The molecule has 0 unspecified atom stereocenters. The lowest BCUT2D eigenvalue weighted by Gasteiger charge is -2.32. The summed E-state index contributed by atoms with van der Waals surface area (Å²) in [5.74, 6) is -1.31. The number of carboxylic acids is 1. The summed E-state index contributed by atoms with van der Waals surface area (Å²) in [6.07, 6.45) is 2.28. The van der Waals surface area contributed by atoms with Crippen molar-refractivity contribution in [3.8, 4) is 0 Å². The Hall–Kier alpha value is -1.85. The summed E-state index contributed by atoms with van der Waals surface area (Å²) in [5.41, 5.74) is 3.28. The van der Waals surface area contributed by atoms with Gasteiger partial charge in [-0.25, -0.2) is 0 Å². The molecule has 21 heavy (non-hydrogen) atoms. The molecule has 0 atom stereocenters. The van der Waals surface area contributed by atoms with Crippen LogP contribution in [-0.2, 0) is 33.7 Å². The minimum atomic E-state index is -0.813. The number of fused-ring (bicyclic) bond motifs is 3. The third-order valence-electron chi connectivity index (χ3n) is 4.49. The van der Waals surface area contributed by atoms with E-state index < -0.39 is 11.8 Å². The van der Waals surface area contributed by atoms with Crippen molar-refractivity contribution in [3.63, 3.8) is 0 Å². The van der Waals surface area contributed by atoms with E-state index in [1.54, 1.807) is 0 Å². The molecule has 4 rings (SSSR count). The standard InChI is InChI=1S/C16H17NO4/c18-15(19)10-17-13-4-2-1-3-11(13)12-9-16(6-5-14(12)17)20-7-8-21-16/h1-4H,5-10H2,(H,18,19).